The molecule has 0 heterocycles. The van der Waals surface area contributed by atoms with Crippen molar-refractivity contribution >= 4 is 35.8 Å². The molecule has 6 N–H and O–H groups in total. The van der Waals surface area contributed by atoms with Crippen LogP contribution in [0.25, 0.3) is 0 Å². The van der Waals surface area contributed by atoms with E-state index in [4.69, 9.17) is 19.9 Å². The predicted molar refractivity (Wildman–Crippen MR) is 211 cm³/mol. The number of ether oxygens (including phenoxy) is 3. The molecule has 0 saturated heterocycles. The molecular formula is C41H75N3O11. The number of carbonyl (C=O) groups excluding carboxylic acids is 5. The predicted octanol–water partition coefficient (Wildman–Crippen LogP) is 6.58. The average Bonchev–Trinajstić information content (AvgIpc) is 3.10. The topological polar surface area (TPSA) is 221 Å². The van der Waals surface area contributed by atoms with Crippen molar-refractivity contribution < 1.29 is 53.2 Å². The molecule has 14 heteroatoms. The lowest BCUT2D eigenvalue weighted by molar-refractivity contribution is -0.162. The van der Waals surface area contributed by atoms with Gasteiger partial charge in [0.05, 0.1) is 31.8 Å². The van der Waals surface area contributed by atoms with Crippen molar-refractivity contribution in [3.8, 4) is 0 Å². The van der Waals surface area contributed by atoms with Gasteiger partial charge in [-0.15, -0.1) is 0 Å². The fraction of sp³-hybridized carbons (Fsp3) is 0.854. The molecule has 0 spiro atoms. The highest BCUT2D eigenvalue weighted by Crippen LogP contribution is 2.21. The molecule has 0 fully saturated rings. The van der Waals surface area contributed by atoms with E-state index in [9.17, 15) is 39.0 Å². The van der Waals surface area contributed by atoms with Crippen LogP contribution in [0.2, 0.25) is 0 Å². The number of primary amides is 1. The van der Waals surface area contributed by atoms with Gasteiger partial charge in [-0.3, -0.25) is 19.2 Å². The van der Waals surface area contributed by atoms with Crippen molar-refractivity contribution in [2.24, 2.45) is 29.4 Å². The molecule has 0 saturated carbocycles. The number of aliphatic hydroxyl groups excluding tert-OH is 1. The number of urea groups is 1. The maximum absolute atomic E-state index is 13.7. The van der Waals surface area contributed by atoms with Gasteiger partial charge in [0.1, 0.15) is 24.4 Å². The van der Waals surface area contributed by atoms with Crippen molar-refractivity contribution in [2.75, 3.05) is 6.54 Å². The van der Waals surface area contributed by atoms with Gasteiger partial charge in [-0.1, -0.05) is 74.7 Å². The van der Waals surface area contributed by atoms with Crippen LogP contribution in [0.3, 0.4) is 0 Å². The maximum Gasteiger partial charge on any atom is 0.328 e. The van der Waals surface area contributed by atoms with Gasteiger partial charge in [-0.25, -0.2) is 9.59 Å². The van der Waals surface area contributed by atoms with Gasteiger partial charge < -0.3 is 40.8 Å². The second-order valence-electron chi connectivity index (χ2n) is 15.9. The molecule has 0 aromatic carbocycles. The molecule has 0 aliphatic carbocycles. The minimum absolute atomic E-state index is 0.0719. The van der Waals surface area contributed by atoms with Crippen molar-refractivity contribution in [3.05, 3.63) is 0 Å². The number of hydrogen-bond acceptors (Lipinski definition) is 10. The van der Waals surface area contributed by atoms with Crippen LogP contribution >= 0.6 is 0 Å². The molecule has 0 aliphatic rings. The summed E-state index contributed by atoms with van der Waals surface area (Å²) in [5.74, 6) is -2.41. The summed E-state index contributed by atoms with van der Waals surface area (Å²) < 4.78 is 17.2. The fourth-order valence-electron chi connectivity index (χ4n) is 5.77. The van der Waals surface area contributed by atoms with Crippen LogP contribution in [0.1, 0.15) is 165 Å². The lowest BCUT2D eigenvalue weighted by atomic mass is 9.98. The minimum Gasteiger partial charge on any atom is -0.481 e. The van der Waals surface area contributed by atoms with Gasteiger partial charge in [0, 0.05) is 6.54 Å². The molecule has 0 radical (unpaired) electrons. The van der Waals surface area contributed by atoms with E-state index in [0.717, 1.165) is 25.7 Å². The third-order valence-corrected chi connectivity index (χ3v) is 10.2. The summed E-state index contributed by atoms with van der Waals surface area (Å²) >= 11 is 0. The standard InChI is InChI=1S/C41H75N3O11/c1-9-28(6)15-18-31(45)23-38(49)53-32(19-14-27(4)5)24-36(46)44-35(13-12-22-43-41(42)52)40(51)55-34(21-17-30(8)11-3)26-39(50)54-33(25-37(47)48)20-16-29(7)10-2/h27-35,45H,9-26H2,1-8H3,(H,44,46)(H,47,48)(H3,42,43,52). The van der Waals surface area contributed by atoms with E-state index in [1.807, 2.05) is 41.5 Å². The molecule has 8 atom stereocenters. The summed E-state index contributed by atoms with van der Waals surface area (Å²) in [6.07, 6.45) is 3.06. The molecular weight excluding hydrogens is 710 g/mol. The molecule has 0 aromatic heterocycles. The Morgan fingerprint density at radius 1 is 0.600 bits per heavy atom. The van der Waals surface area contributed by atoms with E-state index in [2.05, 4.69) is 24.5 Å². The lowest BCUT2D eigenvalue weighted by Gasteiger charge is -2.25. The first-order valence-corrected chi connectivity index (χ1v) is 20.7. The number of nitrogens with one attached hydrogen (secondary N) is 2. The van der Waals surface area contributed by atoms with E-state index in [-0.39, 0.29) is 56.9 Å². The van der Waals surface area contributed by atoms with Gasteiger partial charge in [-0.05, 0) is 87.9 Å². The van der Waals surface area contributed by atoms with Crippen LogP contribution in [0, 0.1) is 23.7 Å². The highest BCUT2D eigenvalue weighted by molar-refractivity contribution is 5.85. The Kier molecular flexibility index (Phi) is 28.0. The summed E-state index contributed by atoms with van der Waals surface area (Å²) in [6.45, 7) is 16.5. The zero-order chi connectivity index (χ0) is 41.9. The van der Waals surface area contributed by atoms with E-state index in [0.29, 0.717) is 56.8 Å². The summed E-state index contributed by atoms with van der Waals surface area (Å²) in [7, 11) is 0. The third kappa shape index (κ3) is 27.8. The normalized spacial score (nSPS) is 15.7. The first-order valence-electron chi connectivity index (χ1n) is 20.7. The van der Waals surface area contributed by atoms with Gasteiger partial charge >= 0.3 is 29.9 Å². The number of esters is 3. The van der Waals surface area contributed by atoms with Crippen LogP contribution in [-0.2, 0) is 38.2 Å². The summed E-state index contributed by atoms with van der Waals surface area (Å²) in [6, 6.07) is -1.90. The molecule has 0 bridgehead atoms. The Bertz CT molecular complexity index is 1130. The Morgan fingerprint density at radius 3 is 1.56 bits per heavy atom. The highest BCUT2D eigenvalue weighted by Gasteiger charge is 2.30. The smallest absolute Gasteiger partial charge is 0.328 e. The Hall–Kier alpha value is -3.42. The molecule has 8 unspecified atom stereocenters. The Morgan fingerprint density at radius 2 is 1.07 bits per heavy atom. The van der Waals surface area contributed by atoms with Gasteiger partial charge in [-0.2, -0.15) is 0 Å². The maximum atomic E-state index is 13.7. The second kappa shape index (κ2) is 29.8. The SMILES string of the molecule is CCC(C)CCC(O)CC(=O)OC(CCC(C)C)CC(=O)NC(CCCNC(N)=O)C(=O)OC(CCC(C)CC)CC(=O)OC(CCC(C)CC)CC(=O)O. The number of amides is 3. The van der Waals surface area contributed by atoms with Crippen molar-refractivity contribution in [1.29, 1.82) is 0 Å². The van der Waals surface area contributed by atoms with E-state index < -0.39 is 66.3 Å². The van der Waals surface area contributed by atoms with E-state index in [1.54, 1.807) is 0 Å². The monoisotopic (exact) mass is 786 g/mol. The van der Waals surface area contributed by atoms with Crippen LogP contribution in [0.15, 0.2) is 0 Å². The Labute approximate surface area is 330 Å². The first kappa shape index (κ1) is 51.6. The number of carboxylic acids is 1. The number of carboxylic acid groups (broad SMARTS) is 1. The molecule has 3 amide bonds. The lowest BCUT2D eigenvalue weighted by Crippen LogP contribution is -2.45. The van der Waals surface area contributed by atoms with E-state index >= 15 is 0 Å². The zero-order valence-corrected chi connectivity index (χ0v) is 35.1. The fourth-order valence-corrected chi connectivity index (χ4v) is 5.77. The largest absolute Gasteiger partial charge is 0.481 e. The highest BCUT2D eigenvalue weighted by atomic mass is 16.6. The van der Waals surface area contributed by atoms with Crippen LogP contribution in [-0.4, -0.2) is 83.0 Å². The zero-order valence-electron chi connectivity index (χ0n) is 35.1. The summed E-state index contributed by atoms with van der Waals surface area (Å²) in [4.78, 5) is 75.9. The van der Waals surface area contributed by atoms with Crippen molar-refractivity contribution in [3.63, 3.8) is 0 Å². The second-order valence-corrected chi connectivity index (χ2v) is 15.9. The quantitative estimate of drug-likeness (QED) is 0.0279. The number of aliphatic hydroxyl groups is 1. The summed E-state index contributed by atoms with van der Waals surface area (Å²) in [5, 5.41) is 25.0. The Balaban J connectivity index is 5.96. The van der Waals surface area contributed by atoms with Crippen molar-refractivity contribution in [2.45, 2.75) is 195 Å². The van der Waals surface area contributed by atoms with Crippen molar-refractivity contribution in [1.82, 2.24) is 10.6 Å². The molecule has 0 aromatic rings. The van der Waals surface area contributed by atoms with Crippen LogP contribution < -0.4 is 16.4 Å². The molecule has 14 nitrogen and oxygen atoms in total. The number of aliphatic carboxylic acids is 1. The van der Waals surface area contributed by atoms with Gasteiger partial charge in [0.25, 0.3) is 0 Å². The number of rotatable bonds is 32. The first-order chi connectivity index (χ1) is 25.9. The van der Waals surface area contributed by atoms with Gasteiger partial charge in [0.15, 0.2) is 0 Å². The molecule has 320 valence electrons. The molecule has 0 aliphatic heterocycles. The molecule has 0 rings (SSSR count). The van der Waals surface area contributed by atoms with Crippen LogP contribution in [0.5, 0.6) is 0 Å². The average molecular weight is 786 g/mol. The minimum atomic E-state index is -1.16. The molecule has 55 heavy (non-hydrogen) atoms. The third-order valence-electron chi connectivity index (χ3n) is 10.2. The van der Waals surface area contributed by atoms with Crippen LogP contribution in [0.4, 0.5) is 4.79 Å². The van der Waals surface area contributed by atoms with Gasteiger partial charge in [0.2, 0.25) is 5.91 Å². The number of nitrogens with two attached hydrogens (primary N) is 1. The summed E-state index contributed by atoms with van der Waals surface area (Å²) in [5.41, 5.74) is 5.20. The number of carbonyl (C=O) groups is 6. The van der Waals surface area contributed by atoms with E-state index in [1.165, 1.54) is 0 Å². The number of hydrogen-bond donors (Lipinski definition) is 5.